The zero-order valence-corrected chi connectivity index (χ0v) is 18.0. The lowest BCUT2D eigenvalue weighted by molar-refractivity contribution is -0.137. The summed E-state index contributed by atoms with van der Waals surface area (Å²) in [7, 11) is 0. The van der Waals surface area contributed by atoms with Gasteiger partial charge in [-0.2, -0.15) is 5.10 Å². The number of aliphatic hydroxyl groups excluding tert-OH is 1. The van der Waals surface area contributed by atoms with Crippen LogP contribution in [0.3, 0.4) is 0 Å². The van der Waals surface area contributed by atoms with E-state index in [0.29, 0.717) is 48.0 Å². The molecule has 2 aliphatic rings. The second kappa shape index (κ2) is 8.78. The van der Waals surface area contributed by atoms with Crippen molar-refractivity contribution in [1.82, 2.24) is 10.2 Å². The van der Waals surface area contributed by atoms with E-state index in [1.165, 1.54) is 25.0 Å². The number of anilines is 1. The number of aromatic amines is 1. The Hall–Kier alpha value is -3.52. The number of aromatic nitrogens is 2. The molecule has 7 nitrogen and oxygen atoms in total. The number of halogens is 1. The Kier molecular flexibility index (Phi) is 5.68. The van der Waals surface area contributed by atoms with Crippen LogP contribution >= 0.6 is 0 Å². The standard InChI is InChI=1S/C25H25FN4O3/c26-17-8-10-18(11-9-17)30-23(3-1-2-4-24(31)32)27-22-13-16(7-12-19(22)25(30)33)21-14-20(28-29-21)15-5-6-15/h7-15,25,33H,1-6H2,(H,28,29)(H,31,32). The highest BCUT2D eigenvalue weighted by molar-refractivity contribution is 6.01. The van der Waals surface area contributed by atoms with Gasteiger partial charge < -0.3 is 10.2 Å². The molecule has 2 heterocycles. The SMILES string of the molecule is O=C(O)CCCCC1=Nc2cc(-c3cc(C4CC4)[nH]n3)ccc2C(O)N1c1ccc(F)cc1. The zero-order valence-electron chi connectivity index (χ0n) is 18.0. The summed E-state index contributed by atoms with van der Waals surface area (Å²) < 4.78 is 13.5. The molecule has 3 N–H and O–H groups in total. The smallest absolute Gasteiger partial charge is 0.303 e. The number of carbonyl (C=O) groups is 1. The van der Waals surface area contributed by atoms with E-state index in [1.807, 2.05) is 18.2 Å². The summed E-state index contributed by atoms with van der Waals surface area (Å²) >= 11 is 0. The van der Waals surface area contributed by atoms with Crippen LogP contribution in [0.1, 0.15) is 61.9 Å². The Morgan fingerprint density at radius 2 is 1.91 bits per heavy atom. The number of fused-ring (bicyclic) bond motifs is 1. The molecule has 1 aliphatic carbocycles. The summed E-state index contributed by atoms with van der Waals surface area (Å²) in [6, 6.07) is 13.7. The van der Waals surface area contributed by atoms with Crippen molar-refractivity contribution in [2.45, 2.75) is 50.7 Å². The number of benzene rings is 2. The first-order valence-electron chi connectivity index (χ1n) is 11.2. The molecule has 2 aromatic carbocycles. The molecule has 170 valence electrons. The number of carboxylic acid groups (broad SMARTS) is 1. The van der Waals surface area contributed by atoms with Gasteiger partial charge in [-0.3, -0.25) is 14.8 Å². The number of hydrogen-bond acceptors (Lipinski definition) is 5. The van der Waals surface area contributed by atoms with Gasteiger partial charge in [-0.05, 0) is 62.1 Å². The minimum atomic E-state index is -0.993. The molecule has 1 aromatic heterocycles. The van der Waals surface area contributed by atoms with Crippen molar-refractivity contribution in [3.05, 3.63) is 65.6 Å². The molecule has 0 radical (unpaired) electrons. The van der Waals surface area contributed by atoms with Crippen LogP contribution < -0.4 is 4.90 Å². The number of H-pyrrole nitrogens is 1. The van der Waals surface area contributed by atoms with Gasteiger partial charge >= 0.3 is 5.97 Å². The van der Waals surface area contributed by atoms with E-state index in [9.17, 15) is 14.3 Å². The molecule has 1 unspecified atom stereocenters. The molecule has 1 fully saturated rings. The molecule has 0 spiro atoms. The number of nitrogens with zero attached hydrogens (tertiary/aromatic N) is 3. The molecule has 8 heteroatoms. The number of hydrogen-bond donors (Lipinski definition) is 3. The first kappa shape index (κ1) is 21.3. The number of amidine groups is 1. The second-order valence-electron chi connectivity index (χ2n) is 8.61. The van der Waals surface area contributed by atoms with E-state index in [2.05, 4.69) is 16.3 Å². The normalized spacial score (nSPS) is 17.6. The van der Waals surface area contributed by atoms with Crippen LogP contribution in [0.2, 0.25) is 0 Å². The topological polar surface area (TPSA) is 102 Å². The number of aliphatic imine (C=N–C) groups is 1. The van der Waals surface area contributed by atoms with E-state index in [1.54, 1.807) is 17.0 Å². The van der Waals surface area contributed by atoms with Crippen LogP contribution in [0.4, 0.5) is 15.8 Å². The van der Waals surface area contributed by atoms with Gasteiger partial charge in [-0.15, -0.1) is 0 Å². The van der Waals surface area contributed by atoms with Crippen molar-refractivity contribution in [2.24, 2.45) is 4.99 Å². The van der Waals surface area contributed by atoms with Crippen LogP contribution in [-0.4, -0.2) is 32.2 Å². The minimum Gasteiger partial charge on any atom is -0.481 e. The molecule has 3 aromatic rings. The summed E-state index contributed by atoms with van der Waals surface area (Å²) in [6.45, 7) is 0. The molecular formula is C25H25FN4O3. The Balaban J connectivity index is 1.47. The number of rotatable bonds is 8. The van der Waals surface area contributed by atoms with Crippen molar-refractivity contribution in [3.63, 3.8) is 0 Å². The summed E-state index contributed by atoms with van der Waals surface area (Å²) in [5.41, 5.74) is 4.82. The molecule has 33 heavy (non-hydrogen) atoms. The lowest BCUT2D eigenvalue weighted by Crippen LogP contribution is -2.37. The van der Waals surface area contributed by atoms with Crippen molar-refractivity contribution >= 4 is 23.2 Å². The number of unbranched alkanes of at least 4 members (excludes halogenated alkanes) is 1. The number of aliphatic hydroxyl groups is 1. The van der Waals surface area contributed by atoms with Crippen molar-refractivity contribution < 1.29 is 19.4 Å². The van der Waals surface area contributed by atoms with Gasteiger partial charge in [0.05, 0.1) is 11.4 Å². The Morgan fingerprint density at radius 1 is 1.12 bits per heavy atom. The summed E-state index contributed by atoms with van der Waals surface area (Å²) in [6.07, 6.45) is 3.06. The molecular weight excluding hydrogens is 423 g/mol. The third-order valence-electron chi connectivity index (χ3n) is 6.14. The fourth-order valence-electron chi connectivity index (χ4n) is 4.21. The number of nitrogens with one attached hydrogen (secondary N) is 1. The maximum atomic E-state index is 13.5. The van der Waals surface area contributed by atoms with Crippen LogP contribution in [0.5, 0.6) is 0 Å². The average Bonchev–Trinajstić information content (AvgIpc) is 3.54. The maximum Gasteiger partial charge on any atom is 0.303 e. The lowest BCUT2D eigenvalue weighted by Gasteiger charge is -2.35. The summed E-state index contributed by atoms with van der Waals surface area (Å²) in [4.78, 5) is 17.4. The predicted octanol–water partition coefficient (Wildman–Crippen LogP) is 5.28. The molecule has 1 aliphatic heterocycles. The van der Waals surface area contributed by atoms with Crippen LogP contribution in [0, 0.1) is 5.82 Å². The Morgan fingerprint density at radius 3 is 2.64 bits per heavy atom. The number of aliphatic carboxylic acids is 1. The second-order valence-corrected chi connectivity index (χ2v) is 8.61. The lowest BCUT2D eigenvalue weighted by atomic mass is 10.0. The van der Waals surface area contributed by atoms with Gasteiger partial charge in [-0.1, -0.05) is 12.1 Å². The molecule has 1 saturated carbocycles. The van der Waals surface area contributed by atoms with Gasteiger partial charge in [0.15, 0.2) is 6.23 Å². The number of carboxylic acids is 1. The monoisotopic (exact) mass is 448 g/mol. The minimum absolute atomic E-state index is 0.0790. The van der Waals surface area contributed by atoms with Crippen molar-refractivity contribution in [2.75, 3.05) is 4.90 Å². The summed E-state index contributed by atoms with van der Waals surface area (Å²) in [5, 5.41) is 27.7. The fraction of sp³-hybridized carbons (Fsp3) is 0.320. The average molecular weight is 448 g/mol. The molecule has 0 bridgehead atoms. The largest absolute Gasteiger partial charge is 0.481 e. The highest BCUT2D eigenvalue weighted by atomic mass is 19.1. The molecule has 0 saturated heterocycles. The van der Waals surface area contributed by atoms with Crippen LogP contribution in [-0.2, 0) is 4.79 Å². The Labute approximate surface area is 190 Å². The highest BCUT2D eigenvalue weighted by Gasteiger charge is 2.30. The van der Waals surface area contributed by atoms with Crippen molar-refractivity contribution in [3.8, 4) is 11.3 Å². The third kappa shape index (κ3) is 4.52. The zero-order chi connectivity index (χ0) is 22.9. The van der Waals surface area contributed by atoms with E-state index in [0.717, 1.165) is 17.0 Å². The molecule has 5 rings (SSSR count). The van der Waals surface area contributed by atoms with Crippen LogP contribution in [0.15, 0.2) is 53.5 Å². The fourth-order valence-corrected chi connectivity index (χ4v) is 4.21. The van der Waals surface area contributed by atoms with E-state index in [-0.39, 0.29) is 12.2 Å². The van der Waals surface area contributed by atoms with E-state index < -0.39 is 12.2 Å². The van der Waals surface area contributed by atoms with Gasteiger partial charge in [0.25, 0.3) is 0 Å². The van der Waals surface area contributed by atoms with E-state index in [4.69, 9.17) is 10.1 Å². The summed E-state index contributed by atoms with van der Waals surface area (Å²) in [5.74, 6) is -0.00869. The molecule has 1 atom stereocenters. The third-order valence-corrected chi connectivity index (χ3v) is 6.14. The van der Waals surface area contributed by atoms with Gasteiger partial charge in [0.2, 0.25) is 0 Å². The molecule has 0 amide bonds. The first-order chi connectivity index (χ1) is 16.0. The van der Waals surface area contributed by atoms with Crippen LogP contribution in [0.25, 0.3) is 11.3 Å². The first-order valence-corrected chi connectivity index (χ1v) is 11.2. The highest BCUT2D eigenvalue weighted by Crippen LogP contribution is 2.42. The quantitative estimate of drug-likeness (QED) is 0.407. The van der Waals surface area contributed by atoms with Gasteiger partial charge in [-0.25, -0.2) is 9.38 Å². The maximum absolute atomic E-state index is 13.5. The van der Waals surface area contributed by atoms with Crippen molar-refractivity contribution in [1.29, 1.82) is 0 Å². The predicted molar refractivity (Wildman–Crippen MR) is 123 cm³/mol. The van der Waals surface area contributed by atoms with E-state index >= 15 is 0 Å². The Bertz CT molecular complexity index is 1200. The van der Waals surface area contributed by atoms with Gasteiger partial charge in [0.1, 0.15) is 11.7 Å². The van der Waals surface area contributed by atoms with Gasteiger partial charge in [0, 0.05) is 41.3 Å².